The first-order valence-corrected chi connectivity index (χ1v) is 9.46. The topological polar surface area (TPSA) is 76.0 Å². The van der Waals surface area contributed by atoms with E-state index in [0.29, 0.717) is 11.6 Å². The zero-order valence-electron chi connectivity index (χ0n) is 14.8. The van der Waals surface area contributed by atoms with E-state index in [9.17, 15) is 9.59 Å². The fraction of sp³-hybridized carbons (Fsp3) is 0.450. The summed E-state index contributed by atoms with van der Waals surface area (Å²) in [5.41, 5.74) is 1.29. The molecule has 2 N–H and O–H groups in total. The van der Waals surface area contributed by atoms with Crippen LogP contribution in [0.4, 0.5) is 11.5 Å². The van der Waals surface area contributed by atoms with Gasteiger partial charge >= 0.3 is 0 Å². The number of hydrogen-bond acceptors (Lipinski definition) is 3. The molecule has 0 bridgehead atoms. The summed E-state index contributed by atoms with van der Waals surface area (Å²) in [5.74, 6) is 0.812. The van der Waals surface area contributed by atoms with Crippen molar-refractivity contribution in [1.82, 2.24) is 9.78 Å². The van der Waals surface area contributed by atoms with Crippen molar-refractivity contribution in [2.45, 2.75) is 51.0 Å². The Morgan fingerprint density at radius 3 is 2.35 bits per heavy atom. The molecule has 0 unspecified atom stereocenters. The van der Waals surface area contributed by atoms with E-state index in [-0.39, 0.29) is 17.7 Å². The highest BCUT2D eigenvalue weighted by atomic mass is 16.2. The van der Waals surface area contributed by atoms with Crippen molar-refractivity contribution < 1.29 is 9.59 Å². The molecule has 2 aliphatic carbocycles. The minimum atomic E-state index is -0.164. The fourth-order valence-corrected chi connectivity index (χ4v) is 3.51. The second kappa shape index (κ2) is 7.32. The van der Waals surface area contributed by atoms with Crippen LogP contribution < -0.4 is 10.6 Å². The second-order valence-corrected chi connectivity index (χ2v) is 7.25. The molecule has 2 fully saturated rings. The summed E-state index contributed by atoms with van der Waals surface area (Å²) in [6.07, 6.45) is 9.61. The highest BCUT2D eigenvalue weighted by molar-refractivity contribution is 6.04. The van der Waals surface area contributed by atoms with Crippen LogP contribution in [0, 0.1) is 5.92 Å². The van der Waals surface area contributed by atoms with Crippen molar-refractivity contribution >= 4 is 23.3 Å². The van der Waals surface area contributed by atoms with Crippen molar-refractivity contribution in [2.24, 2.45) is 5.92 Å². The Balaban J connectivity index is 1.40. The molecule has 0 radical (unpaired) electrons. The van der Waals surface area contributed by atoms with Gasteiger partial charge in [-0.05, 0) is 49.9 Å². The molecule has 0 saturated heterocycles. The number of aromatic nitrogens is 2. The maximum Gasteiger partial charge on any atom is 0.256 e. The van der Waals surface area contributed by atoms with Crippen LogP contribution in [0.25, 0.3) is 0 Å². The van der Waals surface area contributed by atoms with Crippen molar-refractivity contribution in [3.05, 3.63) is 42.1 Å². The summed E-state index contributed by atoms with van der Waals surface area (Å²) in [6.45, 7) is 0. The van der Waals surface area contributed by atoms with Gasteiger partial charge in [0.05, 0.1) is 12.2 Å². The molecule has 1 aromatic carbocycles. The van der Waals surface area contributed by atoms with E-state index in [1.54, 1.807) is 30.5 Å². The average Bonchev–Trinajstić information content (AvgIpc) is 3.43. The van der Waals surface area contributed by atoms with Crippen LogP contribution in [0.2, 0.25) is 0 Å². The molecule has 0 atom stereocenters. The van der Waals surface area contributed by atoms with Gasteiger partial charge in [0.25, 0.3) is 5.91 Å². The third-order valence-corrected chi connectivity index (χ3v) is 5.20. The molecule has 136 valence electrons. The zero-order valence-corrected chi connectivity index (χ0v) is 14.8. The van der Waals surface area contributed by atoms with Gasteiger partial charge in [0.1, 0.15) is 5.82 Å². The maximum absolute atomic E-state index is 12.6. The molecule has 2 aromatic rings. The third-order valence-electron chi connectivity index (χ3n) is 5.20. The number of nitrogens with one attached hydrogen (secondary N) is 2. The van der Waals surface area contributed by atoms with Gasteiger partial charge in [-0.2, -0.15) is 5.10 Å². The number of rotatable bonds is 5. The molecule has 2 amide bonds. The van der Waals surface area contributed by atoms with E-state index >= 15 is 0 Å². The highest BCUT2D eigenvalue weighted by Gasteiger charge is 2.29. The Morgan fingerprint density at radius 1 is 0.923 bits per heavy atom. The first-order valence-electron chi connectivity index (χ1n) is 9.46. The Kier molecular flexibility index (Phi) is 4.73. The van der Waals surface area contributed by atoms with Crippen molar-refractivity contribution in [3.8, 4) is 0 Å². The summed E-state index contributed by atoms with van der Waals surface area (Å²) < 4.78 is 1.95. The van der Waals surface area contributed by atoms with Gasteiger partial charge in [0, 0.05) is 23.2 Å². The molecule has 4 rings (SSSR count). The lowest BCUT2D eigenvalue weighted by atomic mass is 9.96. The number of anilines is 2. The van der Waals surface area contributed by atoms with Crippen LogP contribution in [-0.2, 0) is 4.79 Å². The quantitative estimate of drug-likeness (QED) is 0.854. The van der Waals surface area contributed by atoms with E-state index in [1.165, 1.54) is 19.3 Å². The van der Waals surface area contributed by atoms with Crippen LogP contribution in [-0.4, -0.2) is 21.6 Å². The molecule has 6 heteroatoms. The van der Waals surface area contributed by atoms with E-state index in [4.69, 9.17) is 0 Å². The maximum atomic E-state index is 12.6. The lowest BCUT2D eigenvalue weighted by Crippen LogP contribution is -2.20. The highest BCUT2D eigenvalue weighted by Crippen LogP contribution is 2.31. The van der Waals surface area contributed by atoms with Crippen molar-refractivity contribution in [2.75, 3.05) is 10.6 Å². The van der Waals surface area contributed by atoms with Gasteiger partial charge in [0.2, 0.25) is 5.91 Å². The Hall–Kier alpha value is -2.63. The largest absolute Gasteiger partial charge is 0.326 e. The average molecular weight is 352 g/mol. The first kappa shape index (κ1) is 16.8. The summed E-state index contributed by atoms with van der Waals surface area (Å²) in [6, 6.07) is 9.23. The third kappa shape index (κ3) is 3.79. The van der Waals surface area contributed by atoms with E-state index < -0.39 is 0 Å². The Labute approximate surface area is 153 Å². The van der Waals surface area contributed by atoms with Crippen molar-refractivity contribution in [3.63, 3.8) is 0 Å². The second-order valence-electron chi connectivity index (χ2n) is 7.25. The molecular weight excluding hydrogens is 328 g/mol. The van der Waals surface area contributed by atoms with E-state index in [2.05, 4.69) is 15.7 Å². The molecule has 2 saturated carbocycles. The van der Waals surface area contributed by atoms with Crippen LogP contribution in [0.15, 0.2) is 36.5 Å². The Morgan fingerprint density at radius 2 is 1.65 bits per heavy atom. The fourth-order valence-electron chi connectivity index (χ4n) is 3.51. The predicted molar refractivity (Wildman–Crippen MR) is 100 cm³/mol. The molecule has 2 aliphatic rings. The summed E-state index contributed by atoms with van der Waals surface area (Å²) in [4.78, 5) is 24.4. The summed E-state index contributed by atoms with van der Waals surface area (Å²) in [5, 5.41) is 10.3. The minimum Gasteiger partial charge on any atom is -0.326 e. The van der Waals surface area contributed by atoms with Gasteiger partial charge < -0.3 is 10.6 Å². The molecule has 1 aromatic heterocycles. The normalized spacial score (nSPS) is 17.7. The monoisotopic (exact) mass is 352 g/mol. The minimum absolute atomic E-state index is 0.0681. The van der Waals surface area contributed by atoms with E-state index in [0.717, 1.165) is 37.2 Å². The summed E-state index contributed by atoms with van der Waals surface area (Å²) >= 11 is 0. The number of carbonyl (C=O) groups excluding carboxylic acids is 2. The first-order chi connectivity index (χ1) is 12.7. The number of amides is 2. The number of nitrogens with zero attached hydrogens (tertiary/aromatic N) is 2. The number of hydrogen-bond donors (Lipinski definition) is 2. The van der Waals surface area contributed by atoms with Crippen LogP contribution in [0.1, 0.15) is 61.3 Å². The van der Waals surface area contributed by atoms with E-state index in [1.807, 2.05) is 10.7 Å². The van der Waals surface area contributed by atoms with Crippen LogP contribution >= 0.6 is 0 Å². The molecular formula is C20H24N4O2. The zero-order chi connectivity index (χ0) is 17.9. The van der Waals surface area contributed by atoms with Gasteiger partial charge in [-0.1, -0.05) is 19.3 Å². The standard InChI is InChI=1S/C20H24N4O2/c25-19(14-6-7-14)22-16-10-8-15(9-11-16)20(26)23-18-12-13-21-24(18)17-4-2-1-3-5-17/h8-14,17H,1-7H2,(H,22,25)(H,23,26). The summed E-state index contributed by atoms with van der Waals surface area (Å²) in [7, 11) is 0. The van der Waals surface area contributed by atoms with Crippen LogP contribution in [0.3, 0.4) is 0 Å². The van der Waals surface area contributed by atoms with Gasteiger partial charge in [-0.3, -0.25) is 9.59 Å². The van der Waals surface area contributed by atoms with Gasteiger partial charge in [-0.15, -0.1) is 0 Å². The number of carbonyl (C=O) groups is 2. The van der Waals surface area contributed by atoms with Gasteiger partial charge in [-0.25, -0.2) is 4.68 Å². The smallest absolute Gasteiger partial charge is 0.256 e. The lowest BCUT2D eigenvalue weighted by molar-refractivity contribution is -0.117. The lowest BCUT2D eigenvalue weighted by Gasteiger charge is -2.23. The Bertz CT molecular complexity index is 786. The molecule has 0 aliphatic heterocycles. The SMILES string of the molecule is O=C(Nc1ccnn1C1CCCCC1)c1ccc(NC(=O)C2CC2)cc1. The molecule has 0 spiro atoms. The molecule has 6 nitrogen and oxygen atoms in total. The van der Waals surface area contributed by atoms with Crippen molar-refractivity contribution in [1.29, 1.82) is 0 Å². The number of benzene rings is 1. The predicted octanol–water partition coefficient (Wildman–Crippen LogP) is 3.99. The van der Waals surface area contributed by atoms with Crippen LogP contribution in [0.5, 0.6) is 0 Å². The molecule has 1 heterocycles. The molecule has 26 heavy (non-hydrogen) atoms. The van der Waals surface area contributed by atoms with Gasteiger partial charge in [0.15, 0.2) is 0 Å².